The molecule has 0 fully saturated rings. The Morgan fingerprint density at radius 3 is 2.67 bits per heavy atom. The monoisotopic (exact) mass is 240 g/mol. The van der Waals surface area contributed by atoms with Crippen LogP contribution in [0.2, 0.25) is 0 Å². The van der Waals surface area contributed by atoms with Gasteiger partial charge >= 0.3 is 0 Å². The first-order chi connectivity index (χ1) is 8.79. The van der Waals surface area contributed by atoms with Crippen LogP contribution in [0.3, 0.4) is 0 Å². The lowest BCUT2D eigenvalue weighted by Gasteiger charge is -2.02. The van der Waals surface area contributed by atoms with E-state index >= 15 is 0 Å². The molecular formula is C14H12N2O2. The van der Waals surface area contributed by atoms with E-state index in [1.54, 1.807) is 18.2 Å². The quantitative estimate of drug-likeness (QED) is 0.787. The average molecular weight is 240 g/mol. The molecule has 0 aliphatic carbocycles. The summed E-state index contributed by atoms with van der Waals surface area (Å²) in [5.41, 5.74) is 7.35. The topological polar surface area (TPSA) is 68.3 Å². The molecule has 0 aliphatic heterocycles. The Labute approximate surface area is 105 Å². The van der Waals surface area contributed by atoms with Crippen molar-refractivity contribution in [2.75, 3.05) is 11.9 Å². The first-order valence-corrected chi connectivity index (χ1v) is 5.42. The molecule has 2 rings (SSSR count). The summed E-state index contributed by atoms with van der Waals surface area (Å²) in [6.07, 6.45) is 2.86. The third kappa shape index (κ3) is 3.00. The normalized spacial score (nSPS) is 9.39. The number of carbonyl (C=O) groups is 1. The van der Waals surface area contributed by atoms with E-state index in [0.29, 0.717) is 17.8 Å². The molecule has 18 heavy (non-hydrogen) atoms. The molecule has 0 unspecified atom stereocenters. The molecule has 4 heteroatoms. The van der Waals surface area contributed by atoms with Crippen LogP contribution in [0.15, 0.2) is 47.3 Å². The molecule has 0 saturated heterocycles. The maximum absolute atomic E-state index is 11.7. The highest BCUT2D eigenvalue weighted by molar-refractivity contribution is 6.03. The zero-order valence-corrected chi connectivity index (χ0v) is 9.64. The number of rotatable bonds is 2. The first-order valence-electron chi connectivity index (χ1n) is 5.42. The molecule has 3 N–H and O–H groups in total. The number of hydrogen-bond acceptors (Lipinski definition) is 3. The van der Waals surface area contributed by atoms with E-state index < -0.39 is 0 Å². The van der Waals surface area contributed by atoms with Crippen LogP contribution in [0.1, 0.15) is 15.9 Å². The van der Waals surface area contributed by atoms with Crippen molar-refractivity contribution in [3.8, 4) is 11.8 Å². The smallest absolute Gasteiger partial charge is 0.258 e. The molecule has 0 atom stereocenters. The summed E-state index contributed by atoms with van der Waals surface area (Å²) in [5, 5.41) is 2.76. The van der Waals surface area contributed by atoms with Gasteiger partial charge in [0.1, 0.15) is 6.26 Å². The minimum absolute atomic E-state index is 0.204. The van der Waals surface area contributed by atoms with Crippen molar-refractivity contribution in [1.29, 1.82) is 0 Å². The lowest BCUT2D eigenvalue weighted by Crippen LogP contribution is -2.10. The maximum Gasteiger partial charge on any atom is 0.258 e. The number of nitrogens with two attached hydrogens (primary N) is 1. The minimum atomic E-state index is -0.204. The molecule has 0 aliphatic rings. The summed E-state index contributed by atoms with van der Waals surface area (Å²) in [5.74, 6) is 5.47. The summed E-state index contributed by atoms with van der Waals surface area (Å²) in [6, 6.07) is 8.84. The summed E-state index contributed by atoms with van der Waals surface area (Å²) in [7, 11) is 0. The van der Waals surface area contributed by atoms with Gasteiger partial charge in [-0.25, -0.2) is 0 Å². The van der Waals surface area contributed by atoms with Gasteiger partial charge in [0.2, 0.25) is 0 Å². The number of benzene rings is 1. The third-order valence-electron chi connectivity index (χ3n) is 2.26. The van der Waals surface area contributed by atoms with Crippen molar-refractivity contribution in [1.82, 2.24) is 0 Å². The highest BCUT2D eigenvalue weighted by atomic mass is 16.3. The molecule has 1 aromatic carbocycles. The molecule has 2 aromatic rings. The predicted octanol–water partition coefficient (Wildman–Crippen LogP) is 1.84. The molecule has 0 spiro atoms. The number of amides is 1. The predicted molar refractivity (Wildman–Crippen MR) is 69.0 cm³/mol. The highest BCUT2D eigenvalue weighted by Crippen LogP contribution is 2.11. The van der Waals surface area contributed by atoms with E-state index in [1.165, 1.54) is 12.5 Å². The summed E-state index contributed by atoms with van der Waals surface area (Å²) < 4.78 is 4.85. The van der Waals surface area contributed by atoms with Crippen molar-refractivity contribution in [2.45, 2.75) is 0 Å². The second-order valence-electron chi connectivity index (χ2n) is 3.55. The fourth-order valence-electron chi connectivity index (χ4n) is 1.39. The van der Waals surface area contributed by atoms with Crippen LogP contribution >= 0.6 is 0 Å². The van der Waals surface area contributed by atoms with Crippen LogP contribution in [0.25, 0.3) is 0 Å². The Kier molecular flexibility index (Phi) is 3.79. The molecule has 4 nitrogen and oxygen atoms in total. The van der Waals surface area contributed by atoms with Gasteiger partial charge in [0.05, 0.1) is 18.4 Å². The molecular weight excluding hydrogens is 228 g/mol. The SMILES string of the molecule is NCC#Cc1ccc(NC(=O)c2ccoc2)cc1. The van der Waals surface area contributed by atoms with Crippen LogP contribution in [0.5, 0.6) is 0 Å². The second kappa shape index (κ2) is 5.71. The number of furan rings is 1. The van der Waals surface area contributed by atoms with Gasteiger partial charge < -0.3 is 15.5 Å². The van der Waals surface area contributed by atoms with Crippen molar-refractivity contribution >= 4 is 11.6 Å². The molecule has 1 aromatic heterocycles. The summed E-state index contributed by atoms with van der Waals surface area (Å²) >= 11 is 0. The number of nitrogens with one attached hydrogen (secondary N) is 1. The molecule has 1 heterocycles. The van der Waals surface area contributed by atoms with Crippen LogP contribution < -0.4 is 11.1 Å². The minimum Gasteiger partial charge on any atom is -0.472 e. The van der Waals surface area contributed by atoms with E-state index in [2.05, 4.69) is 17.2 Å². The third-order valence-corrected chi connectivity index (χ3v) is 2.26. The molecule has 1 amide bonds. The van der Waals surface area contributed by atoms with Gasteiger partial charge in [0.25, 0.3) is 5.91 Å². The summed E-state index contributed by atoms with van der Waals surface area (Å²) in [4.78, 5) is 11.7. The first kappa shape index (κ1) is 12.0. The van der Waals surface area contributed by atoms with Gasteiger partial charge in [-0.1, -0.05) is 11.8 Å². The van der Waals surface area contributed by atoms with E-state index in [-0.39, 0.29) is 5.91 Å². The van der Waals surface area contributed by atoms with E-state index in [4.69, 9.17) is 10.2 Å². The van der Waals surface area contributed by atoms with Gasteiger partial charge in [-0.3, -0.25) is 4.79 Å². The largest absolute Gasteiger partial charge is 0.472 e. The van der Waals surface area contributed by atoms with Gasteiger partial charge in [0.15, 0.2) is 0 Å². The standard InChI is InChI=1S/C14H12N2O2/c15-8-1-2-11-3-5-13(6-4-11)16-14(17)12-7-9-18-10-12/h3-7,9-10H,8,15H2,(H,16,17). The van der Waals surface area contributed by atoms with Crippen LogP contribution in [-0.4, -0.2) is 12.5 Å². The van der Waals surface area contributed by atoms with Gasteiger partial charge in [-0.2, -0.15) is 0 Å². The fraction of sp³-hybridized carbons (Fsp3) is 0.0714. The van der Waals surface area contributed by atoms with E-state index in [1.807, 2.05) is 12.1 Å². The molecule has 0 radical (unpaired) electrons. The van der Waals surface area contributed by atoms with Crippen LogP contribution in [0.4, 0.5) is 5.69 Å². The Morgan fingerprint density at radius 1 is 1.28 bits per heavy atom. The van der Waals surface area contributed by atoms with Crippen molar-refractivity contribution in [3.05, 3.63) is 54.0 Å². The second-order valence-corrected chi connectivity index (χ2v) is 3.55. The highest BCUT2D eigenvalue weighted by Gasteiger charge is 2.06. The fourth-order valence-corrected chi connectivity index (χ4v) is 1.39. The molecule has 0 saturated carbocycles. The van der Waals surface area contributed by atoms with E-state index in [9.17, 15) is 4.79 Å². The zero-order chi connectivity index (χ0) is 12.8. The number of hydrogen-bond donors (Lipinski definition) is 2. The van der Waals surface area contributed by atoms with Gasteiger partial charge in [-0.15, -0.1) is 0 Å². The number of anilines is 1. The Hall–Kier alpha value is -2.51. The Bertz CT molecular complexity index is 575. The lowest BCUT2D eigenvalue weighted by molar-refractivity contribution is 0.102. The van der Waals surface area contributed by atoms with Crippen LogP contribution in [-0.2, 0) is 0 Å². The zero-order valence-electron chi connectivity index (χ0n) is 9.64. The Balaban J connectivity index is 2.04. The van der Waals surface area contributed by atoms with Crippen LogP contribution in [0, 0.1) is 11.8 Å². The lowest BCUT2D eigenvalue weighted by atomic mass is 10.2. The van der Waals surface area contributed by atoms with Gasteiger partial charge in [0, 0.05) is 11.3 Å². The number of carbonyl (C=O) groups excluding carboxylic acids is 1. The van der Waals surface area contributed by atoms with Crippen molar-refractivity contribution < 1.29 is 9.21 Å². The van der Waals surface area contributed by atoms with Crippen molar-refractivity contribution in [2.24, 2.45) is 5.73 Å². The van der Waals surface area contributed by atoms with E-state index in [0.717, 1.165) is 5.56 Å². The molecule has 0 bridgehead atoms. The van der Waals surface area contributed by atoms with Crippen molar-refractivity contribution in [3.63, 3.8) is 0 Å². The summed E-state index contributed by atoms with van der Waals surface area (Å²) in [6.45, 7) is 0.332. The maximum atomic E-state index is 11.7. The molecule has 90 valence electrons. The Morgan fingerprint density at radius 2 is 2.06 bits per heavy atom. The van der Waals surface area contributed by atoms with Gasteiger partial charge in [-0.05, 0) is 30.3 Å². The average Bonchev–Trinajstić information content (AvgIpc) is 2.92.